The van der Waals surface area contributed by atoms with Gasteiger partial charge in [0.25, 0.3) is 0 Å². The molecule has 1 heterocycles. The summed E-state index contributed by atoms with van der Waals surface area (Å²) in [6.45, 7) is 3.46. The molecular formula is C11H8OS. The standard InChI is InChI=1S/C11H8OS/c1-2-10(12)8-3-4-11-9(7-8)5-6-13-11/h2-7H,1H2. The number of fused-ring (bicyclic) bond motifs is 1. The van der Waals surface area contributed by atoms with Crippen LogP contribution in [0.1, 0.15) is 10.4 Å². The highest BCUT2D eigenvalue weighted by atomic mass is 32.1. The predicted octanol–water partition coefficient (Wildman–Crippen LogP) is 3.27. The summed E-state index contributed by atoms with van der Waals surface area (Å²) in [5.74, 6) is -0.0203. The van der Waals surface area contributed by atoms with Gasteiger partial charge in [-0.25, -0.2) is 0 Å². The second-order valence-electron chi connectivity index (χ2n) is 2.74. The van der Waals surface area contributed by atoms with Gasteiger partial charge in [0, 0.05) is 10.3 Å². The third-order valence-corrected chi connectivity index (χ3v) is 2.82. The molecule has 0 atom stereocenters. The van der Waals surface area contributed by atoms with Gasteiger partial charge in [-0.05, 0) is 41.1 Å². The monoisotopic (exact) mass is 188 g/mol. The van der Waals surface area contributed by atoms with E-state index >= 15 is 0 Å². The molecule has 0 radical (unpaired) electrons. The van der Waals surface area contributed by atoms with Crippen LogP contribution in [0.5, 0.6) is 0 Å². The van der Waals surface area contributed by atoms with E-state index in [9.17, 15) is 4.79 Å². The molecule has 0 saturated heterocycles. The maximum Gasteiger partial charge on any atom is 0.185 e. The summed E-state index contributed by atoms with van der Waals surface area (Å²) < 4.78 is 1.21. The molecule has 13 heavy (non-hydrogen) atoms. The van der Waals surface area contributed by atoms with Gasteiger partial charge in [-0.15, -0.1) is 11.3 Å². The summed E-state index contributed by atoms with van der Waals surface area (Å²) in [5.41, 5.74) is 0.709. The molecule has 1 nitrogen and oxygen atoms in total. The second-order valence-corrected chi connectivity index (χ2v) is 3.69. The van der Waals surface area contributed by atoms with Crippen molar-refractivity contribution in [1.82, 2.24) is 0 Å². The first-order valence-electron chi connectivity index (χ1n) is 3.95. The number of hydrogen-bond donors (Lipinski definition) is 0. The fourth-order valence-electron chi connectivity index (χ4n) is 1.24. The molecule has 0 unspecified atom stereocenters. The van der Waals surface area contributed by atoms with Gasteiger partial charge in [0.1, 0.15) is 0 Å². The van der Waals surface area contributed by atoms with Crippen molar-refractivity contribution in [1.29, 1.82) is 0 Å². The van der Waals surface area contributed by atoms with E-state index in [0.717, 1.165) is 5.39 Å². The summed E-state index contributed by atoms with van der Waals surface area (Å²) in [7, 11) is 0. The minimum Gasteiger partial charge on any atom is -0.289 e. The van der Waals surface area contributed by atoms with Gasteiger partial charge in [0.2, 0.25) is 0 Å². The van der Waals surface area contributed by atoms with Crippen LogP contribution < -0.4 is 0 Å². The zero-order valence-electron chi connectivity index (χ0n) is 6.99. The molecule has 2 heteroatoms. The zero-order valence-corrected chi connectivity index (χ0v) is 7.80. The summed E-state index contributed by atoms with van der Waals surface area (Å²) in [4.78, 5) is 11.3. The maximum absolute atomic E-state index is 11.3. The van der Waals surface area contributed by atoms with Crippen molar-refractivity contribution in [3.63, 3.8) is 0 Å². The van der Waals surface area contributed by atoms with Gasteiger partial charge in [-0.1, -0.05) is 6.58 Å². The van der Waals surface area contributed by atoms with E-state index in [1.165, 1.54) is 10.8 Å². The molecule has 0 aliphatic rings. The number of carbonyl (C=O) groups is 1. The van der Waals surface area contributed by atoms with Crippen LogP contribution in [0.15, 0.2) is 42.3 Å². The van der Waals surface area contributed by atoms with Crippen LogP contribution in [0, 0.1) is 0 Å². The maximum atomic E-state index is 11.3. The Hall–Kier alpha value is -1.41. The molecule has 0 bridgehead atoms. The number of carbonyl (C=O) groups excluding carboxylic acids is 1. The fraction of sp³-hybridized carbons (Fsp3) is 0. The van der Waals surface area contributed by atoms with Crippen molar-refractivity contribution in [3.05, 3.63) is 47.9 Å². The number of rotatable bonds is 2. The topological polar surface area (TPSA) is 17.1 Å². The Morgan fingerprint density at radius 2 is 2.23 bits per heavy atom. The van der Waals surface area contributed by atoms with Crippen LogP contribution in [0.4, 0.5) is 0 Å². The van der Waals surface area contributed by atoms with E-state index in [1.807, 2.05) is 29.6 Å². The summed E-state index contributed by atoms with van der Waals surface area (Å²) >= 11 is 1.68. The van der Waals surface area contributed by atoms with Gasteiger partial charge in [-0.2, -0.15) is 0 Å². The quantitative estimate of drug-likeness (QED) is 0.522. The average Bonchev–Trinajstić information content (AvgIpc) is 2.63. The second kappa shape index (κ2) is 3.15. The normalized spacial score (nSPS) is 10.2. The zero-order chi connectivity index (χ0) is 9.26. The lowest BCUT2D eigenvalue weighted by Gasteiger charge is -1.94. The van der Waals surface area contributed by atoms with E-state index in [2.05, 4.69) is 6.58 Å². The molecule has 64 valence electrons. The van der Waals surface area contributed by atoms with Gasteiger partial charge < -0.3 is 0 Å². The summed E-state index contributed by atoms with van der Waals surface area (Å²) in [5, 5.41) is 3.14. The van der Waals surface area contributed by atoms with Gasteiger partial charge in [0.15, 0.2) is 5.78 Å². The summed E-state index contributed by atoms with van der Waals surface area (Å²) in [6, 6.07) is 7.72. The first-order valence-corrected chi connectivity index (χ1v) is 4.83. The Morgan fingerprint density at radius 3 is 3.00 bits per heavy atom. The Kier molecular flexibility index (Phi) is 1.99. The third kappa shape index (κ3) is 1.40. The van der Waals surface area contributed by atoms with Crippen molar-refractivity contribution in [3.8, 4) is 0 Å². The molecule has 2 aromatic rings. The van der Waals surface area contributed by atoms with Crippen molar-refractivity contribution < 1.29 is 4.79 Å². The molecule has 0 fully saturated rings. The molecule has 2 rings (SSSR count). The molecule has 1 aromatic heterocycles. The van der Waals surface area contributed by atoms with Crippen molar-refractivity contribution in [2.24, 2.45) is 0 Å². The van der Waals surface area contributed by atoms with Crippen LogP contribution >= 0.6 is 11.3 Å². The number of thiophene rings is 1. The first-order chi connectivity index (χ1) is 6.31. The van der Waals surface area contributed by atoms with Crippen LogP contribution in [-0.4, -0.2) is 5.78 Å². The fourth-order valence-corrected chi connectivity index (χ4v) is 2.01. The highest BCUT2D eigenvalue weighted by molar-refractivity contribution is 7.17. The van der Waals surface area contributed by atoms with E-state index in [1.54, 1.807) is 11.3 Å². The lowest BCUT2D eigenvalue weighted by atomic mass is 10.1. The summed E-state index contributed by atoms with van der Waals surface area (Å²) in [6.07, 6.45) is 1.34. The van der Waals surface area contributed by atoms with Crippen LogP contribution in [0.25, 0.3) is 10.1 Å². The Bertz CT molecular complexity index is 468. The Labute approximate surface area is 80.3 Å². The van der Waals surface area contributed by atoms with Crippen LogP contribution in [0.2, 0.25) is 0 Å². The van der Waals surface area contributed by atoms with Crippen molar-refractivity contribution in [2.45, 2.75) is 0 Å². The smallest absolute Gasteiger partial charge is 0.185 e. The number of ketones is 1. The SMILES string of the molecule is C=CC(=O)c1ccc2sccc2c1. The minimum atomic E-state index is -0.0203. The van der Waals surface area contributed by atoms with Gasteiger partial charge in [-0.3, -0.25) is 4.79 Å². The molecule has 0 saturated carbocycles. The molecular weight excluding hydrogens is 180 g/mol. The molecule has 1 aromatic carbocycles. The minimum absolute atomic E-state index is 0.0203. The molecule has 0 amide bonds. The van der Waals surface area contributed by atoms with E-state index in [-0.39, 0.29) is 5.78 Å². The highest BCUT2D eigenvalue weighted by Gasteiger charge is 2.02. The largest absolute Gasteiger partial charge is 0.289 e. The van der Waals surface area contributed by atoms with Crippen LogP contribution in [0.3, 0.4) is 0 Å². The third-order valence-electron chi connectivity index (χ3n) is 1.92. The lowest BCUT2D eigenvalue weighted by Crippen LogP contribution is -1.91. The molecule has 0 spiro atoms. The number of hydrogen-bond acceptors (Lipinski definition) is 2. The van der Waals surface area contributed by atoms with Crippen LogP contribution in [-0.2, 0) is 0 Å². The number of benzene rings is 1. The number of allylic oxidation sites excluding steroid dienone is 1. The average molecular weight is 188 g/mol. The molecule has 0 aliphatic heterocycles. The van der Waals surface area contributed by atoms with E-state index < -0.39 is 0 Å². The Balaban J connectivity index is 2.60. The van der Waals surface area contributed by atoms with E-state index in [0.29, 0.717) is 5.56 Å². The van der Waals surface area contributed by atoms with Gasteiger partial charge >= 0.3 is 0 Å². The van der Waals surface area contributed by atoms with Gasteiger partial charge in [0.05, 0.1) is 0 Å². The van der Waals surface area contributed by atoms with Crippen molar-refractivity contribution >= 4 is 27.2 Å². The first kappa shape index (κ1) is 8.20. The van der Waals surface area contributed by atoms with Crippen molar-refractivity contribution in [2.75, 3.05) is 0 Å². The predicted molar refractivity (Wildman–Crippen MR) is 56.4 cm³/mol. The molecule has 0 aliphatic carbocycles. The van der Waals surface area contributed by atoms with E-state index in [4.69, 9.17) is 0 Å². The lowest BCUT2D eigenvalue weighted by molar-refractivity contribution is 0.104. The Morgan fingerprint density at radius 1 is 1.38 bits per heavy atom. The molecule has 0 N–H and O–H groups in total. The highest BCUT2D eigenvalue weighted by Crippen LogP contribution is 2.21.